The summed E-state index contributed by atoms with van der Waals surface area (Å²) in [5, 5.41) is 5.71. The molecule has 0 aliphatic heterocycles. The van der Waals surface area contributed by atoms with Gasteiger partial charge in [-0.05, 0) is 36.5 Å². The third kappa shape index (κ3) is 5.08. The summed E-state index contributed by atoms with van der Waals surface area (Å²) < 4.78 is 37.8. The van der Waals surface area contributed by atoms with Crippen molar-refractivity contribution in [2.24, 2.45) is 5.92 Å². The van der Waals surface area contributed by atoms with E-state index in [0.29, 0.717) is 5.69 Å². The molecule has 0 bridgehead atoms. The van der Waals surface area contributed by atoms with Crippen molar-refractivity contribution in [1.29, 1.82) is 0 Å². The molecule has 0 radical (unpaired) electrons. The van der Waals surface area contributed by atoms with E-state index in [2.05, 4.69) is 23.9 Å². The molecule has 2 aromatic heterocycles. The second-order valence-electron chi connectivity index (χ2n) is 6.17. The van der Waals surface area contributed by atoms with Gasteiger partial charge in [0.2, 0.25) is 0 Å². The van der Waals surface area contributed by atoms with Gasteiger partial charge in [-0.3, -0.25) is 10.1 Å². The molecule has 2 rings (SSSR count). The van der Waals surface area contributed by atoms with Crippen LogP contribution in [0, 0.1) is 5.92 Å². The lowest BCUT2D eigenvalue weighted by Gasteiger charge is -2.14. The Morgan fingerprint density at radius 1 is 1.12 bits per heavy atom. The number of nitrogens with one attached hydrogen (secondary N) is 1. The molecule has 0 aromatic carbocycles. The number of nitrogens with zero attached hydrogens (tertiary/aromatic N) is 2. The molecule has 2 aromatic rings. The summed E-state index contributed by atoms with van der Waals surface area (Å²) in [6.45, 7) is 4.42. The number of pyridine rings is 1. The third-order valence-corrected chi connectivity index (χ3v) is 4.35. The zero-order valence-corrected chi connectivity index (χ0v) is 14.2. The fourth-order valence-electron chi connectivity index (χ4n) is 2.74. The minimum Gasteiger partial charge on any atom is -0.273 e. The Kier molecular flexibility index (Phi) is 6.40. The van der Waals surface area contributed by atoms with E-state index in [1.807, 2.05) is 11.2 Å². The maximum atomic E-state index is 12.6. The fourth-order valence-corrected chi connectivity index (χ4v) is 2.74. The molecule has 0 amide bonds. The van der Waals surface area contributed by atoms with Gasteiger partial charge in [-0.1, -0.05) is 45.6 Å². The van der Waals surface area contributed by atoms with Gasteiger partial charge in [0.15, 0.2) is 0 Å². The second-order valence-corrected chi connectivity index (χ2v) is 6.17. The highest BCUT2D eigenvalue weighted by Gasteiger charge is 2.33. The normalized spacial score (nSPS) is 13.2. The third-order valence-electron chi connectivity index (χ3n) is 4.35. The van der Waals surface area contributed by atoms with Crippen LogP contribution in [0.15, 0.2) is 24.4 Å². The van der Waals surface area contributed by atoms with Gasteiger partial charge in [0, 0.05) is 6.20 Å². The van der Waals surface area contributed by atoms with Crippen molar-refractivity contribution < 1.29 is 13.2 Å². The molecule has 24 heavy (non-hydrogen) atoms. The highest BCUT2D eigenvalue weighted by molar-refractivity contribution is 5.54. The Bertz CT molecular complexity index is 617. The summed E-state index contributed by atoms with van der Waals surface area (Å²) in [5.41, 5.74) is 0.914. The lowest BCUT2D eigenvalue weighted by molar-refractivity contribution is -0.141. The lowest BCUT2D eigenvalue weighted by Crippen LogP contribution is -2.04. The minimum atomic E-state index is -4.42. The molecule has 0 saturated carbocycles. The summed E-state index contributed by atoms with van der Waals surface area (Å²) in [4.78, 5) is 4.26. The van der Waals surface area contributed by atoms with E-state index in [1.165, 1.54) is 25.7 Å². The van der Waals surface area contributed by atoms with E-state index in [0.717, 1.165) is 30.4 Å². The van der Waals surface area contributed by atoms with Crippen LogP contribution in [0.4, 0.5) is 13.2 Å². The zero-order valence-electron chi connectivity index (χ0n) is 14.2. The van der Waals surface area contributed by atoms with Crippen LogP contribution in [0.25, 0.3) is 11.4 Å². The molecule has 1 N–H and O–H groups in total. The van der Waals surface area contributed by atoms with Crippen molar-refractivity contribution >= 4 is 0 Å². The van der Waals surface area contributed by atoms with Crippen molar-refractivity contribution in [3.05, 3.63) is 35.7 Å². The first-order chi connectivity index (χ1) is 11.4. The monoisotopic (exact) mass is 339 g/mol. The number of aromatic amines is 1. The van der Waals surface area contributed by atoms with Gasteiger partial charge in [0.25, 0.3) is 0 Å². The summed E-state index contributed by atoms with van der Waals surface area (Å²) in [6, 6.07) is 4.65. The van der Waals surface area contributed by atoms with Crippen LogP contribution >= 0.6 is 0 Å². The van der Waals surface area contributed by atoms with Crippen LogP contribution < -0.4 is 0 Å². The van der Waals surface area contributed by atoms with Crippen LogP contribution in [0.2, 0.25) is 0 Å². The standard InChI is InChI=1S/C18H24F3N3/c1-3-5-6-13(4-2)7-8-14-9-10-15(22-12-14)16-11-17(24-23-16)18(19,20)21/h9-13H,3-8H2,1-2H3,(H,23,24). The van der Waals surface area contributed by atoms with Crippen molar-refractivity contribution in [1.82, 2.24) is 15.2 Å². The molecule has 2 heterocycles. The van der Waals surface area contributed by atoms with Gasteiger partial charge in [-0.15, -0.1) is 0 Å². The smallest absolute Gasteiger partial charge is 0.273 e. The Hall–Kier alpha value is -1.85. The SMILES string of the molecule is CCCCC(CC)CCc1ccc(-c2cc(C(F)(F)F)[nH]n2)nc1. The summed E-state index contributed by atoms with van der Waals surface area (Å²) >= 11 is 0. The van der Waals surface area contributed by atoms with Crippen molar-refractivity contribution in [2.45, 2.75) is 58.5 Å². The van der Waals surface area contributed by atoms with Crippen LogP contribution in [0.3, 0.4) is 0 Å². The molecule has 132 valence electrons. The predicted octanol–water partition coefficient (Wildman–Crippen LogP) is 5.64. The first kappa shape index (κ1) is 18.5. The minimum absolute atomic E-state index is 0.211. The molecule has 0 spiro atoms. The van der Waals surface area contributed by atoms with Crippen molar-refractivity contribution in [3.8, 4) is 11.4 Å². The topological polar surface area (TPSA) is 41.6 Å². The van der Waals surface area contributed by atoms with Gasteiger partial charge in [0.1, 0.15) is 11.4 Å². The number of hydrogen-bond donors (Lipinski definition) is 1. The highest BCUT2D eigenvalue weighted by Crippen LogP contribution is 2.29. The van der Waals surface area contributed by atoms with E-state index in [-0.39, 0.29) is 5.69 Å². The molecular formula is C18H24F3N3. The average Bonchev–Trinajstić information content (AvgIpc) is 3.06. The van der Waals surface area contributed by atoms with Crippen LogP contribution in [0.5, 0.6) is 0 Å². The molecule has 6 heteroatoms. The van der Waals surface area contributed by atoms with E-state index in [1.54, 1.807) is 12.3 Å². The van der Waals surface area contributed by atoms with Gasteiger partial charge in [-0.25, -0.2) is 0 Å². The molecule has 3 nitrogen and oxygen atoms in total. The van der Waals surface area contributed by atoms with Gasteiger partial charge in [-0.2, -0.15) is 18.3 Å². The Morgan fingerprint density at radius 3 is 2.46 bits per heavy atom. The lowest BCUT2D eigenvalue weighted by atomic mass is 9.93. The quantitative estimate of drug-likeness (QED) is 0.676. The Labute approximate surface area is 140 Å². The fraction of sp³-hybridized carbons (Fsp3) is 0.556. The van der Waals surface area contributed by atoms with Gasteiger partial charge in [0.05, 0.1) is 5.69 Å². The number of aromatic nitrogens is 3. The van der Waals surface area contributed by atoms with Crippen molar-refractivity contribution in [3.63, 3.8) is 0 Å². The largest absolute Gasteiger partial charge is 0.432 e. The second kappa shape index (κ2) is 8.31. The predicted molar refractivity (Wildman–Crippen MR) is 88.4 cm³/mol. The summed E-state index contributed by atoms with van der Waals surface area (Å²) in [7, 11) is 0. The number of aryl methyl sites for hydroxylation is 1. The zero-order chi connectivity index (χ0) is 17.6. The van der Waals surface area contributed by atoms with Gasteiger partial charge < -0.3 is 0 Å². The van der Waals surface area contributed by atoms with Crippen LogP contribution in [-0.2, 0) is 12.6 Å². The van der Waals surface area contributed by atoms with Crippen LogP contribution in [-0.4, -0.2) is 15.2 Å². The van der Waals surface area contributed by atoms with E-state index in [9.17, 15) is 13.2 Å². The molecule has 1 atom stereocenters. The van der Waals surface area contributed by atoms with Crippen LogP contribution in [0.1, 0.15) is 57.2 Å². The number of H-pyrrole nitrogens is 1. The average molecular weight is 339 g/mol. The Morgan fingerprint density at radius 2 is 1.92 bits per heavy atom. The number of rotatable bonds is 8. The number of unbranched alkanes of at least 4 members (excludes halogenated alkanes) is 1. The number of hydrogen-bond acceptors (Lipinski definition) is 2. The number of halogens is 3. The molecular weight excluding hydrogens is 315 g/mol. The summed E-state index contributed by atoms with van der Waals surface area (Å²) in [6.07, 6.45) is 4.31. The van der Waals surface area contributed by atoms with E-state index in [4.69, 9.17) is 0 Å². The van der Waals surface area contributed by atoms with Gasteiger partial charge >= 0.3 is 6.18 Å². The molecule has 0 aliphatic carbocycles. The maximum absolute atomic E-state index is 12.6. The highest BCUT2D eigenvalue weighted by atomic mass is 19.4. The van der Waals surface area contributed by atoms with E-state index >= 15 is 0 Å². The molecule has 0 aliphatic rings. The first-order valence-corrected chi connectivity index (χ1v) is 8.52. The molecule has 0 fully saturated rings. The van der Waals surface area contributed by atoms with Crippen molar-refractivity contribution in [2.75, 3.05) is 0 Å². The first-order valence-electron chi connectivity index (χ1n) is 8.52. The number of alkyl halides is 3. The van der Waals surface area contributed by atoms with E-state index < -0.39 is 11.9 Å². The molecule has 1 unspecified atom stereocenters. The molecule has 0 saturated heterocycles. The maximum Gasteiger partial charge on any atom is 0.432 e. The summed E-state index contributed by atoms with van der Waals surface area (Å²) in [5.74, 6) is 0.727. The Balaban J connectivity index is 1.96.